The summed E-state index contributed by atoms with van der Waals surface area (Å²) < 4.78 is 8.34. The Morgan fingerprint density at radius 1 is 1.28 bits per heavy atom. The Kier molecular flexibility index (Phi) is 5.23. The second-order valence-electron chi connectivity index (χ2n) is 3.40. The van der Waals surface area contributed by atoms with Crippen molar-refractivity contribution < 1.29 is 9.53 Å². The standard InChI is InChI=1S/C12H7Br2IO2S/c13-11-5-9(12(14)18-11)10(16)6-17-8-3-1-7(15)2-4-8/h1-5H,6H2. The molecule has 1 aromatic heterocycles. The maximum absolute atomic E-state index is 11.9. The van der Waals surface area contributed by atoms with Crippen LogP contribution in [0, 0.1) is 3.57 Å². The van der Waals surface area contributed by atoms with Gasteiger partial charge in [0.05, 0.1) is 7.57 Å². The van der Waals surface area contributed by atoms with Crippen molar-refractivity contribution in [1.29, 1.82) is 0 Å². The highest BCUT2D eigenvalue weighted by atomic mass is 127. The first-order valence-electron chi connectivity index (χ1n) is 4.92. The van der Waals surface area contributed by atoms with Crippen LogP contribution in [0.25, 0.3) is 0 Å². The molecule has 94 valence electrons. The first-order valence-corrected chi connectivity index (χ1v) is 8.41. The van der Waals surface area contributed by atoms with Crippen molar-refractivity contribution in [3.8, 4) is 5.75 Å². The van der Waals surface area contributed by atoms with Crippen molar-refractivity contribution in [1.82, 2.24) is 0 Å². The van der Waals surface area contributed by atoms with Gasteiger partial charge in [0, 0.05) is 9.13 Å². The van der Waals surface area contributed by atoms with Crippen LogP contribution in [0.5, 0.6) is 5.75 Å². The molecule has 2 aromatic rings. The minimum Gasteiger partial charge on any atom is -0.485 e. The third-order valence-corrected chi connectivity index (χ3v) is 5.20. The molecule has 0 aliphatic rings. The van der Waals surface area contributed by atoms with Gasteiger partial charge in [-0.05, 0) is 84.8 Å². The lowest BCUT2D eigenvalue weighted by molar-refractivity contribution is 0.0921. The van der Waals surface area contributed by atoms with Gasteiger partial charge in [-0.3, -0.25) is 4.79 Å². The van der Waals surface area contributed by atoms with Crippen LogP contribution in [0.4, 0.5) is 0 Å². The van der Waals surface area contributed by atoms with Gasteiger partial charge in [0.15, 0.2) is 6.61 Å². The minimum absolute atomic E-state index is 0.0395. The average Bonchev–Trinajstić information content (AvgIpc) is 2.67. The highest BCUT2D eigenvalue weighted by molar-refractivity contribution is 14.1. The van der Waals surface area contributed by atoms with Crippen LogP contribution in [0.2, 0.25) is 0 Å². The lowest BCUT2D eigenvalue weighted by Gasteiger charge is -2.04. The van der Waals surface area contributed by atoms with Gasteiger partial charge >= 0.3 is 0 Å². The van der Waals surface area contributed by atoms with Gasteiger partial charge in [0.1, 0.15) is 5.75 Å². The Balaban J connectivity index is 2.00. The van der Waals surface area contributed by atoms with E-state index in [4.69, 9.17) is 4.74 Å². The van der Waals surface area contributed by atoms with Crippen LogP contribution >= 0.6 is 65.8 Å². The van der Waals surface area contributed by atoms with Crippen molar-refractivity contribution >= 4 is 71.6 Å². The van der Waals surface area contributed by atoms with Crippen LogP contribution in [0.3, 0.4) is 0 Å². The number of rotatable bonds is 4. The molecular weight excluding hydrogens is 495 g/mol. The lowest BCUT2D eigenvalue weighted by atomic mass is 10.2. The fourth-order valence-corrected chi connectivity index (χ4v) is 4.50. The zero-order valence-electron chi connectivity index (χ0n) is 8.95. The summed E-state index contributed by atoms with van der Waals surface area (Å²) >= 11 is 10.4. The summed E-state index contributed by atoms with van der Waals surface area (Å²) in [5.74, 6) is 0.663. The third-order valence-electron chi connectivity index (χ3n) is 2.14. The highest BCUT2D eigenvalue weighted by Crippen LogP contribution is 2.32. The fraction of sp³-hybridized carbons (Fsp3) is 0.0833. The number of hydrogen-bond donors (Lipinski definition) is 0. The zero-order valence-corrected chi connectivity index (χ0v) is 15.1. The van der Waals surface area contributed by atoms with Crippen LogP contribution in [-0.4, -0.2) is 12.4 Å². The topological polar surface area (TPSA) is 26.3 Å². The molecule has 1 aromatic carbocycles. The van der Waals surface area contributed by atoms with E-state index in [0.29, 0.717) is 11.3 Å². The minimum atomic E-state index is -0.0395. The van der Waals surface area contributed by atoms with E-state index in [9.17, 15) is 4.79 Å². The van der Waals surface area contributed by atoms with Gasteiger partial charge in [-0.2, -0.15) is 0 Å². The zero-order chi connectivity index (χ0) is 13.1. The van der Waals surface area contributed by atoms with Crippen molar-refractivity contribution in [3.05, 3.63) is 47.0 Å². The Morgan fingerprint density at radius 2 is 1.94 bits per heavy atom. The SMILES string of the molecule is O=C(COc1ccc(I)cc1)c1cc(Br)sc1Br. The number of Topliss-reactive ketones (excluding diaryl/α,β-unsaturated/α-hetero) is 1. The van der Waals surface area contributed by atoms with E-state index in [-0.39, 0.29) is 12.4 Å². The monoisotopic (exact) mass is 500 g/mol. The number of halogens is 3. The lowest BCUT2D eigenvalue weighted by Crippen LogP contribution is -2.11. The molecule has 0 radical (unpaired) electrons. The molecule has 0 spiro atoms. The summed E-state index contributed by atoms with van der Waals surface area (Å²) in [6, 6.07) is 9.39. The quantitative estimate of drug-likeness (QED) is 0.428. The molecule has 18 heavy (non-hydrogen) atoms. The summed E-state index contributed by atoms with van der Waals surface area (Å²) in [5, 5.41) is 0. The van der Waals surface area contributed by atoms with Gasteiger partial charge in [-0.25, -0.2) is 0 Å². The van der Waals surface area contributed by atoms with Crippen LogP contribution < -0.4 is 4.74 Å². The van der Waals surface area contributed by atoms with Crippen LogP contribution in [0.15, 0.2) is 37.9 Å². The van der Waals surface area contributed by atoms with Crippen molar-refractivity contribution in [2.24, 2.45) is 0 Å². The smallest absolute Gasteiger partial charge is 0.202 e. The highest BCUT2D eigenvalue weighted by Gasteiger charge is 2.14. The number of hydrogen-bond acceptors (Lipinski definition) is 3. The van der Waals surface area contributed by atoms with Crippen molar-refractivity contribution in [2.75, 3.05) is 6.61 Å². The molecular formula is C12H7Br2IO2S. The molecule has 0 saturated carbocycles. The number of ether oxygens (including phenoxy) is 1. The largest absolute Gasteiger partial charge is 0.485 e. The second-order valence-corrected chi connectivity index (χ2v) is 8.40. The fourth-order valence-electron chi connectivity index (χ4n) is 1.29. The van der Waals surface area contributed by atoms with Crippen molar-refractivity contribution in [3.63, 3.8) is 0 Å². The Morgan fingerprint density at radius 3 is 2.50 bits per heavy atom. The number of ketones is 1. The van der Waals surface area contributed by atoms with Gasteiger partial charge in [0.25, 0.3) is 0 Å². The molecule has 0 atom stereocenters. The molecule has 0 unspecified atom stereocenters. The van der Waals surface area contributed by atoms with Gasteiger partial charge in [-0.15, -0.1) is 11.3 Å². The first-order chi connectivity index (χ1) is 8.56. The molecule has 0 fully saturated rings. The summed E-state index contributed by atoms with van der Waals surface area (Å²) in [7, 11) is 0. The Labute approximate surface area is 139 Å². The molecule has 6 heteroatoms. The average molecular weight is 502 g/mol. The summed E-state index contributed by atoms with van der Waals surface area (Å²) in [5.41, 5.74) is 0.650. The number of thiophene rings is 1. The van der Waals surface area contributed by atoms with Crippen LogP contribution in [0.1, 0.15) is 10.4 Å². The number of carbonyl (C=O) groups excluding carboxylic acids is 1. The number of benzene rings is 1. The van der Waals surface area contributed by atoms with Gasteiger partial charge in [-0.1, -0.05) is 0 Å². The predicted octanol–water partition coefficient (Wildman–Crippen LogP) is 5.14. The summed E-state index contributed by atoms with van der Waals surface area (Å²) in [4.78, 5) is 11.9. The van der Waals surface area contributed by atoms with E-state index in [2.05, 4.69) is 54.5 Å². The normalized spacial score (nSPS) is 10.4. The summed E-state index contributed by atoms with van der Waals surface area (Å²) in [6.45, 7) is 0.0440. The molecule has 0 aliphatic carbocycles. The Hall–Kier alpha value is 0.0800. The molecule has 2 rings (SSSR count). The molecule has 1 heterocycles. The molecule has 2 nitrogen and oxygen atoms in total. The predicted molar refractivity (Wildman–Crippen MR) is 88.7 cm³/mol. The maximum Gasteiger partial charge on any atom is 0.202 e. The molecule has 0 amide bonds. The summed E-state index contributed by atoms with van der Waals surface area (Å²) in [6.07, 6.45) is 0. The van der Waals surface area contributed by atoms with Gasteiger partial charge in [0.2, 0.25) is 5.78 Å². The van der Waals surface area contributed by atoms with Crippen molar-refractivity contribution in [2.45, 2.75) is 0 Å². The van der Waals surface area contributed by atoms with Gasteiger partial charge < -0.3 is 4.74 Å². The molecule has 0 bridgehead atoms. The Bertz CT molecular complexity index is 566. The first kappa shape index (κ1) is 14.5. The second kappa shape index (κ2) is 6.49. The van der Waals surface area contributed by atoms with E-state index in [1.165, 1.54) is 11.3 Å². The number of carbonyl (C=O) groups is 1. The molecule has 0 N–H and O–H groups in total. The molecule has 0 saturated heterocycles. The maximum atomic E-state index is 11.9. The van der Waals surface area contributed by atoms with E-state index in [0.717, 1.165) is 11.1 Å². The van der Waals surface area contributed by atoms with E-state index in [1.807, 2.05) is 24.3 Å². The van der Waals surface area contributed by atoms with E-state index in [1.54, 1.807) is 6.07 Å². The van der Waals surface area contributed by atoms with Crippen LogP contribution in [-0.2, 0) is 0 Å². The third kappa shape index (κ3) is 3.79. The molecule has 0 aliphatic heterocycles. The van der Waals surface area contributed by atoms with E-state index >= 15 is 0 Å². The van der Waals surface area contributed by atoms with E-state index < -0.39 is 0 Å².